The molecule has 0 saturated heterocycles. The third-order valence-corrected chi connectivity index (χ3v) is 3.10. The number of nitrogens with zero attached hydrogens (tertiary/aromatic N) is 2. The standard InChI is InChI=1S/C9H10N3S/c1-5-4-10-12-8(5)9-11-6(2)7(3)13-9/h1-3H3,(H,10,12). The van der Waals surface area contributed by atoms with Gasteiger partial charge in [0.2, 0.25) is 0 Å². The van der Waals surface area contributed by atoms with Gasteiger partial charge >= 0.3 is 0 Å². The van der Waals surface area contributed by atoms with Crippen molar-refractivity contribution in [1.82, 2.24) is 15.2 Å². The van der Waals surface area contributed by atoms with Crippen molar-refractivity contribution < 1.29 is 0 Å². The monoisotopic (exact) mass is 192 g/mol. The molecule has 2 aromatic rings. The van der Waals surface area contributed by atoms with Crippen LogP contribution in [-0.4, -0.2) is 15.2 Å². The van der Waals surface area contributed by atoms with Gasteiger partial charge < -0.3 is 0 Å². The van der Waals surface area contributed by atoms with E-state index in [2.05, 4.69) is 28.3 Å². The minimum atomic E-state index is 0.987. The lowest BCUT2D eigenvalue weighted by molar-refractivity contribution is 1.08. The molecule has 0 aromatic carbocycles. The highest BCUT2D eigenvalue weighted by atomic mass is 32.1. The summed E-state index contributed by atoms with van der Waals surface area (Å²) in [4.78, 5) is 5.69. The first-order valence-corrected chi connectivity index (χ1v) is 4.87. The van der Waals surface area contributed by atoms with E-state index in [1.165, 1.54) is 4.88 Å². The highest BCUT2D eigenvalue weighted by Gasteiger charge is 2.09. The van der Waals surface area contributed by atoms with Crippen LogP contribution in [-0.2, 0) is 0 Å². The summed E-state index contributed by atoms with van der Waals surface area (Å²) in [5.41, 5.74) is 3.10. The van der Waals surface area contributed by atoms with Gasteiger partial charge in [-0.1, -0.05) is 0 Å². The molecular formula is C9H10N3S. The number of thiazole rings is 1. The number of aromatic amines is 1. The summed E-state index contributed by atoms with van der Waals surface area (Å²) in [5, 5.41) is 7.76. The molecular weight excluding hydrogens is 182 g/mol. The molecule has 67 valence electrons. The van der Waals surface area contributed by atoms with Crippen LogP contribution >= 0.6 is 11.3 Å². The smallest absolute Gasteiger partial charge is 0.142 e. The van der Waals surface area contributed by atoms with Crippen molar-refractivity contribution in [2.75, 3.05) is 0 Å². The van der Waals surface area contributed by atoms with Crippen molar-refractivity contribution in [2.24, 2.45) is 0 Å². The van der Waals surface area contributed by atoms with Gasteiger partial charge in [-0.05, 0) is 20.8 Å². The first-order valence-electron chi connectivity index (χ1n) is 4.05. The van der Waals surface area contributed by atoms with Gasteiger partial charge in [0.15, 0.2) is 0 Å². The van der Waals surface area contributed by atoms with Crippen molar-refractivity contribution in [1.29, 1.82) is 0 Å². The Hall–Kier alpha value is -1.16. The number of hydrogen-bond acceptors (Lipinski definition) is 3. The maximum Gasteiger partial charge on any atom is 0.142 e. The molecule has 1 N–H and O–H groups in total. The van der Waals surface area contributed by atoms with Crippen molar-refractivity contribution in [3.63, 3.8) is 0 Å². The van der Waals surface area contributed by atoms with E-state index in [0.29, 0.717) is 0 Å². The van der Waals surface area contributed by atoms with Gasteiger partial charge in [0.25, 0.3) is 0 Å². The SMILES string of the molecule is Cc1[c]n[nH]c1-c1nc(C)c(C)s1. The number of nitrogens with one attached hydrogen (secondary N) is 1. The second kappa shape index (κ2) is 2.96. The van der Waals surface area contributed by atoms with Crippen molar-refractivity contribution in [3.05, 3.63) is 22.3 Å². The second-order valence-corrected chi connectivity index (χ2v) is 4.20. The van der Waals surface area contributed by atoms with Gasteiger partial charge in [0.05, 0.1) is 11.4 Å². The zero-order valence-corrected chi connectivity index (χ0v) is 8.62. The lowest BCUT2D eigenvalue weighted by Gasteiger charge is -1.90. The number of H-pyrrole nitrogens is 1. The molecule has 0 amide bonds. The van der Waals surface area contributed by atoms with Gasteiger partial charge in [-0.3, -0.25) is 5.10 Å². The van der Waals surface area contributed by atoms with Crippen molar-refractivity contribution in [2.45, 2.75) is 20.8 Å². The van der Waals surface area contributed by atoms with Crippen LogP contribution in [0.3, 0.4) is 0 Å². The van der Waals surface area contributed by atoms with Crippen LogP contribution in [0.5, 0.6) is 0 Å². The van der Waals surface area contributed by atoms with E-state index in [1.807, 2.05) is 13.8 Å². The van der Waals surface area contributed by atoms with E-state index in [-0.39, 0.29) is 0 Å². The van der Waals surface area contributed by atoms with E-state index in [9.17, 15) is 0 Å². The molecule has 0 atom stereocenters. The molecule has 0 fully saturated rings. The highest BCUT2D eigenvalue weighted by molar-refractivity contribution is 7.15. The van der Waals surface area contributed by atoms with Crippen molar-refractivity contribution >= 4 is 11.3 Å². The largest absolute Gasteiger partial charge is 0.274 e. The van der Waals surface area contributed by atoms with E-state index in [0.717, 1.165) is 22.0 Å². The molecule has 0 aliphatic heterocycles. The third kappa shape index (κ3) is 1.37. The molecule has 2 heterocycles. The Kier molecular flexibility index (Phi) is 1.92. The average molecular weight is 192 g/mol. The number of aromatic nitrogens is 3. The summed E-state index contributed by atoms with van der Waals surface area (Å²) in [6.07, 6.45) is 2.86. The summed E-state index contributed by atoms with van der Waals surface area (Å²) < 4.78 is 0. The molecule has 0 spiro atoms. The van der Waals surface area contributed by atoms with Crippen LogP contribution in [0.2, 0.25) is 0 Å². The fraction of sp³-hybridized carbons (Fsp3) is 0.333. The van der Waals surface area contributed by atoms with Crippen LogP contribution in [0.1, 0.15) is 16.1 Å². The summed E-state index contributed by atoms with van der Waals surface area (Å²) in [6.45, 7) is 6.07. The van der Waals surface area contributed by atoms with Gasteiger partial charge in [-0.15, -0.1) is 11.3 Å². The third-order valence-electron chi connectivity index (χ3n) is 2.01. The lowest BCUT2D eigenvalue weighted by Crippen LogP contribution is -1.79. The maximum atomic E-state index is 4.44. The van der Waals surface area contributed by atoms with Gasteiger partial charge in [0.1, 0.15) is 11.2 Å². The minimum Gasteiger partial charge on any atom is -0.274 e. The molecule has 1 radical (unpaired) electrons. The molecule has 0 aliphatic carbocycles. The minimum absolute atomic E-state index is 0.987. The fourth-order valence-electron chi connectivity index (χ4n) is 1.10. The van der Waals surface area contributed by atoms with Gasteiger partial charge in [-0.2, -0.15) is 5.10 Å². The predicted molar refractivity (Wildman–Crippen MR) is 52.7 cm³/mol. The number of rotatable bonds is 1. The molecule has 3 nitrogen and oxygen atoms in total. The average Bonchev–Trinajstić information content (AvgIpc) is 2.60. The molecule has 4 heteroatoms. The summed E-state index contributed by atoms with van der Waals surface area (Å²) >= 11 is 1.68. The molecule has 0 saturated carbocycles. The van der Waals surface area contributed by atoms with E-state index in [1.54, 1.807) is 11.3 Å². The number of hydrogen-bond donors (Lipinski definition) is 1. The van der Waals surface area contributed by atoms with Gasteiger partial charge in [0, 0.05) is 10.4 Å². The Labute approximate surface area is 80.8 Å². The topological polar surface area (TPSA) is 41.6 Å². The Morgan fingerprint density at radius 1 is 1.31 bits per heavy atom. The first-order chi connectivity index (χ1) is 6.18. The van der Waals surface area contributed by atoms with Crippen LogP contribution < -0.4 is 0 Å². The maximum absolute atomic E-state index is 4.44. The quantitative estimate of drug-likeness (QED) is 0.753. The van der Waals surface area contributed by atoms with E-state index < -0.39 is 0 Å². The Bertz CT molecular complexity index is 408. The molecule has 13 heavy (non-hydrogen) atoms. The van der Waals surface area contributed by atoms with E-state index >= 15 is 0 Å². The normalized spacial score (nSPS) is 10.7. The van der Waals surface area contributed by atoms with Gasteiger partial charge in [-0.25, -0.2) is 4.98 Å². The fourth-order valence-corrected chi connectivity index (χ4v) is 2.06. The molecule has 0 unspecified atom stereocenters. The number of aryl methyl sites for hydroxylation is 3. The first kappa shape index (κ1) is 8.44. The Morgan fingerprint density at radius 3 is 2.54 bits per heavy atom. The van der Waals surface area contributed by atoms with Crippen LogP contribution in [0.15, 0.2) is 0 Å². The van der Waals surface area contributed by atoms with Crippen molar-refractivity contribution in [3.8, 4) is 10.7 Å². The predicted octanol–water partition coefficient (Wildman–Crippen LogP) is 2.26. The zero-order chi connectivity index (χ0) is 9.42. The molecule has 2 rings (SSSR count). The summed E-state index contributed by atoms with van der Waals surface area (Å²) in [5.74, 6) is 0. The Morgan fingerprint density at radius 2 is 2.08 bits per heavy atom. The van der Waals surface area contributed by atoms with Crippen LogP contribution in [0.4, 0.5) is 0 Å². The second-order valence-electron chi connectivity index (χ2n) is 3.00. The molecule has 0 bridgehead atoms. The summed E-state index contributed by atoms with van der Waals surface area (Å²) in [6, 6.07) is 0. The highest BCUT2D eigenvalue weighted by Crippen LogP contribution is 2.27. The lowest BCUT2D eigenvalue weighted by atomic mass is 10.3. The summed E-state index contributed by atoms with van der Waals surface area (Å²) in [7, 11) is 0. The Balaban J connectivity index is 2.53. The van der Waals surface area contributed by atoms with Crippen LogP contribution in [0.25, 0.3) is 10.7 Å². The molecule has 0 aliphatic rings. The van der Waals surface area contributed by atoms with Crippen LogP contribution in [0, 0.1) is 27.0 Å². The van der Waals surface area contributed by atoms with E-state index in [4.69, 9.17) is 0 Å². The molecule has 2 aromatic heterocycles. The zero-order valence-electron chi connectivity index (χ0n) is 7.80.